The monoisotopic (exact) mass is 265 g/mol. The molecule has 0 spiro atoms. The van der Waals surface area contributed by atoms with Gasteiger partial charge in [0.05, 0.1) is 17.5 Å². The molecule has 0 saturated carbocycles. The first kappa shape index (κ1) is 9.43. The van der Waals surface area contributed by atoms with Gasteiger partial charge in [-0.05, 0) is 11.6 Å². The van der Waals surface area contributed by atoms with Crippen molar-refractivity contribution in [1.29, 1.82) is 0 Å². The van der Waals surface area contributed by atoms with Crippen molar-refractivity contribution in [2.45, 2.75) is 4.32 Å². The van der Waals surface area contributed by atoms with E-state index in [2.05, 4.69) is 58.0 Å². The van der Waals surface area contributed by atoms with Crippen LogP contribution >= 0.6 is 15.9 Å². The van der Waals surface area contributed by atoms with Gasteiger partial charge in [-0.15, -0.1) is 0 Å². The van der Waals surface area contributed by atoms with Crippen LogP contribution < -0.4 is 0 Å². The van der Waals surface area contributed by atoms with E-state index in [4.69, 9.17) is 4.74 Å². The van der Waals surface area contributed by atoms with Crippen molar-refractivity contribution in [3.05, 3.63) is 36.0 Å². The molecular weight excluding hydrogens is 254 g/mol. The third-order valence-electron chi connectivity index (χ3n) is 3.04. The third-order valence-corrected chi connectivity index (χ3v) is 3.93. The van der Waals surface area contributed by atoms with Crippen LogP contribution in [0.25, 0.3) is 10.9 Å². The van der Waals surface area contributed by atoms with E-state index >= 15 is 0 Å². The van der Waals surface area contributed by atoms with Gasteiger partial charge in [-0.25, -0.2) is 0 Å². The Balaban J connectivity index is 2.27. The quantitative estimate of drug-likeness (QED) is 0.724. The molecule has 3 heteroatoms. The number of aryl methyl sites for hydroxylation is 1. The molecule has 0 unspecified atom stereocenters. The van der Waals surface area contributed by atoms with Crippen LogP contribution in [-0.4, -0.2) is 17.8 Å². The molecule has 0 radical (unpaired) electrons. The van der Waals surface area contributed by atoms with Gasteiger partial charge >= 0.3 is 0 Å². The van der Waals surface area contributed by atoms with E-state index < -0.39 is 0 Å². The molecule has 2 nitrogen and oxygen atoms in total. The molecule has 1 saturated heterocycles. The number of aromatic nitrogens is 1. The Bertz CT molecular complexity index is 513. The highest BCUT2D eigenvalue weighted by molar-refractivity contribution is 9.09. The first-order valence-electron chi connectivity index (χ1n) is 5.02. The lowest BCUT2D eigenvalue weighted by Gasteiger charge is -2.35. The third kappa shape index (κ3) is 1.26. The van der Waals surface area contributed by atoms with E-state index in [0.29, 0.717) is 0 Å². The van der Waals surface area contributed by atoms with Gasteiger partial charge in [0.25, 0.3) is 0 Å². The molecule has 78 valence electrons. The number of benzene rings is 1. The van der Waals surface area contributed by atoms with Crippen LogP contribution in [0.15, 0.2) is 30.5 Å². The zero-order valence-corrected chi connectivity index (χ0v) is 10.1. The summed E-state index contributed by atoms with van der Waals surface area (Å²) in [6, 6.07) is 8.48. The minimum Gasteiger partial charge on any atom is -0.378 e. The van der Waals surface area contributed by atoms with Gasteiger partial charge in [0.2, 0.25) is 0 Å². The van der Waals surface area contributed by atoms with Gasteiger partial charge in [-0.3, -0.25) is 0 Å². The summed E-state index contributed by atoms with van der Waals surface area (Å²) >= 11 is 3.77. The van der Waals surface area contributed by atoms with Gasteiger partial charge in [0.15, 0.2) is 0 Å². The number of ether oxygens (including phenoxy) is 1. The fourth-order valence-corrected chi connectivity index (χ4v) is 2.78. The summed E-state index contributed by atoms with van der Waals surface area (Å²) in [7, 11) is 2.09. The molecular formula is C12H12BrNO. The number of hydrogen-bond donors (Lipinski definition) is 0. The van der Waals surface area contributed by atoms with Crippen molar-refractivity contribution in [3.63, 3.8) is 0 Å². The lowest BCUT2D eigenvalue weighted by molar-refractivity contribution is -0.00641. The number of alkyl halides is 1. The van der Waals surface area contributed by atoms with Crippen LogP contribution in [0, 0.1) is 0 Å². The second-order valence-corrected chi connectivity index (χ2v) is 5.65. The van der Waals surface area contributed by atoms with Crippen LogP contribution in [-0.2, 0) is 16.1 Å². The van der Waals surface area contributed by atoms with Crippen molar-refractivity contribution >= 4 is 26.8 Å². The van der Waals surface area contributed by atoms with Gasteiger partial charge < -0.3 is 9.30 Å². The predicted octanol–water partition coefficient (Wildman–Crippen LogP) is 2.80. The Morgan fingerprint density at radius 1 is 1.33 bits per heavy atom. The van der Waals surface area contributed by atoms with Gasteiger partial charge in [0, 0.05) is 24.1 Å². The number of fused-ring (bicyclic) bond motifs is 1. The molecule has 2 heterocycles. The number of halogens is 1. The Morgan fingerprint density at radius 2 is 2.07 bits per heavy atom. The first-order chi connectivity index (χ1) is 7.21. The molecule has 0 atom stereocenters. The lowest BCUT2D eigenvalue weighted by atomic mass is 9.97. The molecule has 0 aliphatic carbocycles. The van der Waals surface area contributed by atoms with Crippen molar-refractivity contribution in [2.24, 2.45) is 7.05 Å². The number of nitrogens with zero attached hydrogens (tertiary/aromatic N) is 1. The molecule has 0 bridgehead atoms. The van der Waals surface area contributed by atoms with E-state index in [0.717, 1.165) is 13.2 Å². The second kappa shape index (κ2) is 3.09. The first-order valence-corrected chi connectivity index (χ1v) is 5.81. The molecule has 1 fully saturated rings. The maximum absolute atomic E-state index is 5.29. The second-order valence-electron chi connectivity index (χ2n) is 4.13. The zero-order valence-electron chi connectivity index (χ0n) is 8.53. The topological polar surface area (TPSA) is 14.2 Å². The smallest absolute Gasteiger partial charge is 0.0991 e. The van der Waals surface area contributed by atoms with Crippen molar-refractivity contribution < 1.29 is 4.74 Å². The molecule has 15 heavy (non-hydrogen) atoms. The summed E-state index contributed by atoms with van der Waals surface area (Å²) in [5.41, 5.74) is 2.62. The van der Waals surface area contributed by atoms with E-state index in [-0.39, 0.29) is 4.32 Å². The Hall–Kier alpha value is -0.800. The Morgan fingerprint density at radius 3 is 2.73 bits per heavy atom. The van der Waals surface area contributed by atoms with Crippen LogP contribution in [0.1, 0.15) is 5.56 Å². The normalized spacial score (nSPS) is 19.1. The molecule has 1 aliphatic rings. The van der Waals surface area contributed by atoms with Gasteiger partial charge in [0.1, 0.15) is 0 Å². The van der Waals surface area contributed by atoms with Gasteiger partial charge in [-0.2, -0.15) is 0 Å². The Labute approximate surface area is 97.0 Å². The predicted molar refractivity (Wildman–Crippen MR) is 64.3 cm³/mol. The van der Waals surface area contributed by atoms with Gasteiger partial charge in [-0.1, -0.05) is 34.1 Å². The fraction of sp³-hybridized carbons (Fsp3) is 0.333. The van der Waals surface area contributed by atoms with Crippen molar-refractivity contribution in [2.75, 3.05) is 13.2 Å². The highest BCUT2D eigenvalue weighted by Gasteiger charge is 2.39. The lowest BCUT2D eigenvalue weighted by Crippen LogP contribution is -2.40. The summed E-state index contributed by atoms with van der Waals surface area (Å²) in [6.07, 6.45) is 2.20. The molecule has 3 rings (SSSR count). The molecule has 1 aromatic carbocycles. The highest BCUT2D eigenvalue weighted by atomic mass is 79.9. The molecule has 1 aromatic heterocycles. The van der Waals surface area contributed by atoms with Crippen LogP contribution in [0.3, 0.4) is 0 Å². The molecule has 0 N–H and O–H groups in total. The van der Waals surface area contributed by atoms with E-state index in [9.17, 15) is 0 Å². The van der Waals surface area contributed by atoms with Crippen molar-refractivity contribution in [1.82, 2.24) is 4.57 Å². The summed E-state index contributed by atoms with van der Waals surface area (Å²) in [4.78, 5) is 0. The Kier molecular flexibility index (Phi) is 1.94. The SMILES string of the molecule is Cn1cc(C2(Br)COC2)c2ccccc21. The van der Waals surface area contributed by atoms with Crippen LogP contribution in [0.2, 0.25) is 0 Å². The number of para-hydroxylation sites is 1. The molecule has 1 aliphatic heterocycles. The minimum atomic E-state index is 0.0356. The van der Waals surface area contributed by atoms with E-state index in [1.54, 1.807) is 0 Å². The maximum Gasteiger partial charge on any atom is 0.0991 e. The fourth-order valence-electron chi connectivity index (χ4n) is 2.14. The largest absolute Gasteiger partial charge is 0.378 e. The standard InChI is InChI=1S/C12H12BrNO/c1-14-6-10(12(13)7-15-8-12)9-4-2-3-5-11(9)14/h2-6H,7-8H2,1H3. The highest BCUT2D eigenvalue weighted by Crippen LogP contribution is 2.42. The summed E-state index contributed by atoms with van der Waals surface area (Å²) < 4.78 is 7.50. The van der Waals surface area contributed by atoms with Crippen LogP contribution in [0.5, 0.6) is 0 Å². The number of hydrogen-bond acceptors (Lipinski definition) is 1. The van der Waals surface area contributed by atoms with E-state index in [1.807, 2.05) is 0 Å². The van der Waals surface area contributed by atoms with E-state index in [1.165, 1.54) is 16.5 Å². The molecule has 2 aromatic rings. The summed E-state index contributed by atoms with van der Waals surface area (Å²) in [5.74, 6) is 0. The molecule has 0 amide bonds. The summed E-state index contributed by atoms with van der Waals surface area (Å²) in [5, 5.41) is 1.32. The average Bonchev–Trinajstić information content (AvgIpc) is 2.54. The zero-order chi connectivity index (χ0) is 10.5. The van der Waals surface area contributed by atoms with Crippen LogP contribution in [0.4, 0.5) is 0 Å². The summed E-state index contributed by atoms with van der Waals surface area (Å²) in [6.45, 7) is 1.53. The maximum atomic E-state index is 5.29. The van der Waals surface area contributed by atoms with Crippen molar-refractivity contribution in [3.8, 4) is 0 Å². The minimum absolute atomic E-state index is 0.0356. The number of rotatable bonds is 1. The average molecular weight is 266 g/mol.